The van der Waals surface area contributed by atoms with E-state index in [-0.39, 0.29) is 22.4 Å². The Morgan fingerprint density at radius 2 is 1.96 bits per heavy atom. The summed E-state index contributed by atoms with van der Waals surface area (Å²) in [6, 6.07) is 8.80. The van der Waals surface area contributed by atoms with Gasteiger partial charge in [-0.15, -0.1) is 0 Å². The molecule has 0 saturated carbocycles. The largest absolute Gasteiger partial charge is 0.331 e. The average molecular weight is 363 g/mol. The fraction of sp³-hybridized carbons (Fsp3) is 0.133. The number of hydrogen-bond acceptors (Lipinski definition) is 5. The molecule has 7 nitrogen and oxygen atoms in total. The lowest BCUT2D eigenvalue weighted by Gasteiger charge is -2.05. The molecule has 0 aliphatic carbocycles. The van der Waals surface area contributed by atoms with Crippen LogP contribution < -0.4 is 5.56 Å². The zero-order valence-corrected chi connectivity index (χ0v) is 13.9. The van der Waals surface area contributed by atoms with E-state index < -0.39 is 21.4 Å². The molecule has 9 heteroatoms. The molecule has 2 rings (SSSR count). The van der Waals surface area contributed by atoms with E-state index in [0.29, 0.717) is 11.1 Å². The van der Waals surface area contributed by atoms with Gasteiger partial charge < -0.3 is 4.98 Å². The fourth-order valence-electron chi connectivity index (χ4n) is 2.08. The van der Waals surface area contributed by atoms with Crippen molar-refractivity contribution in [1.82, 2.24) is 9.97 Å². The van der Waals surface area contributed by atoms with Gasteiger partial charge in [-0.2, -0.15) is 13.7 Å². The van der Waals surface area contributed by atoms with Gasteiger partial charge in [0.05, 0.1) is 11.4 Å². The molecule has 0 unspecified atom stereocenters. The van der Waals surface area contributed by atoms with Crippen LogP contribution in [-0.2, 0) is 16.5 Å². The van der Waals surface area contributed by atoms with Crippen LogP contribution in [0.5, 0.6) is 0 Å². The molecule has 0 saturated heterocycles. The summed E-state index contributed by atoms with van der Waals surface area (Å²) in [5, 5.41) is 9.06. The molecule has 3 N–H and O–H groups in total. The number of nitrogens with zero attached hydrogens (tertiary/aromatic N) is 1. The molecule has 0 radical (unpaired) electrons. The SMILES string of the molecule is N#Cc1c(C=Cc2ccccc2CCS(=O)(=O)O)[nH]c(=S)[nH]c1=O. The molecule has 24 heavy (non-hydrogen) atoms. The van der Waals surface area contributed by atoms with Crippen molar-refractivity contribution in [1.29, 1.82) is 5.26 Å². The van der Waals surface area contributed by atoms with Gasteiger partial charge in [-0.1, -0.05) is 30.3 Å². The highest BCUT2D eigenvalue weighted by atomic mass is 32.2. The minimum atomic E-state index is -4.06. The van der Waals surface area contributed by atoms with Crippen LogP contribution in [-0.4, -0.2) is 28.7 Å². The summed E-state index contributed by atoms with van der Waals surface area (Å²) in [4.78, 5) is 16.7. The number of nitriles is 1. The summed E-state index contributed by atoms with van der Waals surface area (Å²) in [5.41, 5.74) is 0.976. The number of nitrogens with one attached hydrogen (secondary N) is 2. The van der Waals surface area contributed by atoms with Crippen LogP contribution in [0.3, 0.4) is 0 Å². The molecule has 0 aliphatic heterocycles. The van der Waals surface area contributed by atoms with Crippen molar-refractivity contribution in [3.8, 4) is 6.07 Å². The van der Waals surface area contributed by atoms with E-state index in [1.807, 2.05) is 0 Å². The Bertz CT molecular complexity index is 1040. The summed E-state index contributed by atoms with van der Waals surface area (Å²) >= 11 is 4.88. The Morgan fingerprint density at radius 3 is 2.62 bits per heavy atom. The zero-order chi connectivity index (χ0) is 17.7. The molecule has 0 spiro atoms. The average Bonchev–Trinajstić information content (AvgIpc) is 2.50. The second kappa shape index (κ2) is 7.35. The van der Waals surface area contributed by atoms with Crippen molar-refractivity contribution < 1.29 is 13.0 Å². The molecule has 0 bridgehead atoms. The first kappa shape index (κ1) is 17.8. The third-order valence-corrected chi connectivity index (χ3v) is 4.12. The molecule has 124 valence electrons. The molecular weight excluding hydrogens is 350 g/mol. The molecular formula is C15H13N3O4S2. The summed E-state index contributed by atoms with van der Waals surface area (Å²) in [6.45, 7) is 0. The van der Waals surface area contributed by atoms with E-state index in [0.717, 1.165) is 0 Å². The number of hydrogen-bond donors (Lipinski definition) is 3. The van der Waals surface area contributed by atoms with Gasteiger partial charge in [0.25, 0.3) is 15.7 Å². The van der Waals surface area contributed by atoms with Crippen molar-refractivity contribution in [3.63, 3.8) is 0 Å². The van der Waals surface area contributed by atoms with E-state index in [4.69, 9.17) is 22.0 Å². The van der Waals surface area contributed by atoms with Gasteiger partial charge >= 0.3 is 0 Å². The van der Waals surface area contributed by atoms with Crippen molar-refractivity contribution in [2.75, 3.05) is 5.75 Å². The Kier molecular flexibility index (Phi) is 5.46. The van der Waals surface area contributed by atoms with Gasteiger partial charge in [-0.3, -0.25) is 14.3 Å². The molecule has 1 aromatic carbocycles. The van der Waals surface area contributed by atoms with Crippen LogP contribution >= 0.6 is 12.2 Å². The molecule has 0 aliphatic rings. The minimum Gasteiger partial charge on any atom is -0.331 e. The maximum atomic E-state index is 11.7. The van der Waals surface area contributed by atoms with Crippen molar-refractivity contribution >= 4 is 34.5 Å². The highest BCUT2D eigenvalue weighted by Crippen LogP contribution is 2.14. The lowest BCUT2D eigenvalue weighted by atomic mass is 10.0. The molecule has 2 aromatic rings. The number of rotatable bonds is 5. The topological polar surface area (TPSA) is 127 Å². The van der Waals surface area contributed by atoms with E-state index in [1.165, 1.54) is 6.08 Å². The summed E-state index contributed by atoms with van der Waals surface area (Å²) in [7, 11) is -4.06. The van der Waals surface area contributed by atoms with E-state index in [1.54, 1.807) is 36.4 Å². The number of benzene rings is 1. The number of aryl methyl sites for hydroxylation is 1. The van der Waals surface area contributed by atoms with Crippen molar-refractivity contribution in [2.24, 2.45) is 0 Å². The second-order valence-corrected chi connectivity index (χ2v) is 6.86. The number of aromatic amines is 2. The highest BCUT2D eigenvalue weighted by molar-refractivity contribution is 7.85. The van der Waals surface area contributed by atoms with E-state index in [2.05, 4.69) is 9.97 Å². The predicted octanol–water partition coefficient (Wildman–Crippen LogP) is 1.90. The Morgan fingerprint density at radius 1 is 1.25 bits per heavy atom. The van der Waals surface area contributed by atoms with Gasteiger partial charge in [0.2, 0.25) is 0 Å². The standard InChI is InChI=1S/C15H13N3O4S2/c16-9-12-13(17-15(23)18-14(12)19)6-5-10-3-1-2-4-11(10)7-8-24(20,21)22/h1-6H,7-8H2,(H,20,21,22)(H2,17,18,19,23). The van der Waals surface area contributed by atoms with E-state index >= 15 is 0 Å². The zero-order valence-electron chi connectivity index (χ0n) is 12.3. The monoisotopic (exact) mass is 363 g/mol. The Balaban J connectivity index is 2.39. The first-order valence-electron chi connectivity index (χ1n) is 6.78. The molecule has 0 amide bonds. The van der Waals surface area contributed by atoms with Gasteiger partial charge in [-0.25, -0.2) is 0 Å². The van der Waals surface area contributed by atoms with Crippen LogP contribution in [0, 0.1) is 16.1 Å². The molecule has 0 atom stereocenters. The van der Waals surface area contributed by atoms with Gasteiger partial charge in [0, 0.05) is 0 Å². The third-order valence-electron chi connectivity index (χ3n) is 3.20. The van der Waals surface area contributed by atoms with Crippen molar-refractivity contribution in [3.05, 3.63) is 61.8 Å². The van der Waals surface area contributed by atoms with Crippen molar-refractivity contribution in [2.45, 2.75) is 6.42 Å². The quantitative estimate of drug-likeness (QED) is 0.550. The van der Waals surface area contributed by atoms with Gasteiger partial charge in [0.15, 0.2) is 4.77 Å². The summed E-state index contributed by atoms with van der Waals surface area (Å²) < 4.78 is 30.8. The first-order chi connectivity index (χ1) is 11.3. The van der Waals surface area contributed by atoms with Gasteiger partial charge in [-0.05, 0) is 35.8 Å². The summed E-state index contributed by atoms with van der Waals surface area (Å²) in [6.07, 6.45) is 3.30. The number of aromatic nitrogens is 2. The number of H-pyrrole nitrogens is 2. The lowest BCUT2D eigenvalue weighted by Crippen LogP contribution is -2.13. The van der Waals surface area contributed by atoms with Crippen LogP contribution in [0.1, 0.15) is 22.4 Å². The smallest absolute Gasteiger partial charge is 0.270 e. The van der Waals surface area contributed by atoms with Crippen LogP contribution in [0.2, 0.25) is 0 Å². The van der Waals surface area contributed by atoms with Crippen LogP contribution in [0.4, 0.5) is 0 Å². The second-order valence-electron chi connectivity index (χ2n) is 4.88. The van der Waals surface area contributed by atoms with E-state index in [9.17, 15) is 13.2 Å². The van der Waals surface area contributed by atoms with Gasteiger partial charge in [0.1, 0.15) is 11.6 Å². The Labute approximate surface area is 143 Å². The minimum absolute atomic E-state index is 0.0957. The highest BCUT2D eigenvalue weighted by Gasteiger charge is 2.08. The fourth-order valence-corrected chi connectivity index (χ4v) is 2.76. The molecule has 0 fully saturated rings. The first-order valence-corrected chi connectivity index (χ1v) is 8.80. The molecule has 1 heterocycles. The van der Waals surface area contributed by atoms with Crippen LogP contribution in [0.25, 0.3) is 12.2 Å². The normalized spacial score (nSPS) is 11.5. The summed E-state index contributed by atoms with van der Waals surface area (Å²) in [5.74, 6) is -0.394. The lowest BCUT2D eigenvalue weighted by molar-refractivity contribution is 0.482. The molecule has 1 aromatic heterocycles. The maximum absolute atomic E-state index is 11.7. The predicted molar refractivity (Wildman–Crippen MR) is 92.5 cm³/mol. The Hall–Kier alpha value is -2.54. The third kappa shape index (κ3) is 4.73. The van der Waals surface area contributed by atoms with Crippen LogP contribution in [0.15, 0.2) is 29.1 Å². The maximum Gasteiger partial charge on any atom is 0.270 e.